The largest absolute Gasteiger partial charge is 0.379 e. The van der Waals surface area contributed by atoms with Crippen LogP contribution in [-0.4, -0.2) is 19.6 Å². The number of likely N-dealkylation sites (N-methyl/N-ethyl adjacent to an activating group) is 1. The van der Waals surface area contributed by atoms with Gasteiger partial charge in [0.05, 0.1) is 11.4 Å². The lowest BCUT2D eigenvalue weighted by molar-refractivity contribution is 0.661. The molecule has 0 aromatic heterocycles. The molecule has 1 unspecified atom stereocenters. The first-order chi connectivity index (χ1) is 7.11. The number of hydrogen-bond donors (Lipinski definition) is 1. The van der Waals surface area contributed by atoms with Crippen molar-refractivity contribution in [3.63, 3.8) is 0 Å². The number of nitrogens with one attached hydrogen (secondary N) is 1. The zero-order valence-corrected chi connectivity index (χ0v) is 10.2. The second-order valence-electron chi connectivity index (χ2n) is 4.25. The van der Waals surface area contributed by atoms with Crippen LogP contribution in [0.15, 0.2) is 12.1 Å². The number of rotatable bonds is 1. The molecule has 0 saturated carbocycles. The predicted octanol–water partition coefficient (Wildman–Crippen LogP) is 3.29. The third kappa shape index (κ3) is 1.91. The van der Waals surface area contributed by atoms with Crippen LogP contribution in [0.1, 0.15) is 18.9 Å². The minimum atomic E-state index is 0.544. The molecule has 0 fully saturated rings. The molecule has 3 heteroatoms. The van der Waals surface area contributed by atoms with Gasteiger partial charge in [-0.15, -0.1) is 0 Å². The molecule has 15 heavy (non-hydrogen) atoms. The van der Waals surface area contributed by atoms with Gasteiger partial charge in [0.15, 0.2) is 0 Å². The Morgan fingerprint density at radius 2 is 2.27 bits per heavy atom. The van der Waals surface area contributed by atoms with E-state index in [1.165, 1.54) is 16.9 Å². The summed E-state index contributed by atoms with van der Waals surface area (Å²) < 4.78 is 0. The van der Waals surface area contributed by atoms with Crippen LogP contribution < -0.4 is 10.2 Å². The van der Waals surface area contributed by atoms with E-state index in [1.54, 1.807) is 0 Å². The van der Waals surface area contributed by atoms with Crippen molar-refractivity contribution in [2.45, 2.75) is 26.3 Å². The molecule has 1 aromatic carbocycles. The van der Waals surface area contributed by atoms with Crippen LogP contribution >= 0.6 is 11.6 Å². The maximum atomic E-state index is 6.06. The van der Waals surface area contributed by atoms with Gasteiger partial charge < -0.3 is 10.2 Å². The molecule has 0 bridgehead atoms. The molecule has 1 N–H and O–H groups in total. The van der Waals surface area contributed by atoms with Gasteiger partial charge in [-0.3, -0.25) is 0 Å². The summed E-state index contributed by atoms with van der Waals surface area (Å²) in [7, 11) is 2.12. The zero-order valence-electron chi connectivity index (χ0n) is 9.47. The van der Waals surface area contributed by atoms with Gasteiger partial charge in [0.1, 0.15) is 0 Å². The highest BCUT2D eigenvalue weighted by molar-refractivity contribution is 6.31. The second-order valence-corrected chi connectivity index (χ2v) is 4.68. The average molecular weight is 225 g/mol. The van der Waals surface area contributed by atoms with Crippen molar-refractivity contribution in [2.24, 2.45) is 0 Å². The van der Waals surface area contributed by atoms with Crippen LogP contribution in [0.2, 0.25) is 5.02 Å². The highest BCUT2D eigenvalue weighted by Crippen LogP contribution is 2.36. The highest BCUT2D eigenvalue weighted by Gasteiger charge is 2.21. The van der Waals surface area contributed by atoms with E-state index in [-0.39, 0.29) is 0 Å². The van der Waals surface area contributed by atoms with Gasteiger partial charge >= 0.3 is 0 Å². The fraction of sp³-hybridized carbons (Fsp3) is 0.500. The Hall–Kier alpha value is -0.890. The van der Waals surface area contributed by atoms with Crippen LogP contribution in [-0.2, 0) is 0 Å². The monoisotopic (exact) mass is 224 g/mol. The highest BCUT2D eigenvalue weighted by atomic mass is 35.5. The number of hydrogen-bond acceptors (Lipinski definition) is 2. The Kier molecular flexibility index (Phi) is 2.79. The van der Waals surface area contributed by atoms with E-state index in [9.17, 15) is 0 Å². The van der Waals surface area contributed by atoms with Crippen molar-refractivity contribution >= 4 is 23.0 Å². The molecular formula is C12H17ClN2. The van der Waals surface area contributed by atoms with Crippen LogP contribution in [0.5, 0.6) is 0 Å². The van der Waals surface area contributed by atoms with E-state index in [2.05, 4.69) is 31.1 Å². The average Bonchev–Trinajstić information content (AvgIpc) is 2.19. The predicted molar refractivity (Wildman–Crippen MR) is 67.2 cm³/mol. The standard InChI is InChI=1S/C12H17ClN2/c1-4-10-7-15(3)11-6-9(13)5-8(2)12(11)14-10/h5-6,10,14H,4,7H2,1-3H3. The number of fused-ring (bicyclic) bond motifs is 1. The summed E-state index contributed by atoms with van der Waals surface area (Å²) in [6, 6.07) is 4.59. The van der Waals surface area contributed by atoms with E-state index >= 15 is 0 Å². The minimum Gasteiger partial charge on any atom is -0.379 e. The van der Waals surface area contributed by atoms with Gasteiger partial charge in [-0.05, 0) is 31.0 Å². The molecule has 1 aliphatic rings. The van der Waals surface area contributed by atoms with Gasteiger partial charge in [0, 0.05) is 24.7 Å². The fourth-order valence-corrected chi connectivity index (χ4v) is 2.39. The molecule has 0 radical (unpaired) electrons. The maximum absolute atomic E-state index is 6.06. The van der Waals surface area contributed by atoms with Gasteiger partial charge in [-0.1, -0.05) is 18.5 Å². The van der Waals surface area contributed by atoms with Crippen LogP contribution in [0.3, 0.4) is 0 Å². The Bertz CT molecular complexity index is 376. The van der Waals surface area contributed by atoms with Gasteiger partial charge in [0.25, 0.3) is 0 Å². The van der Waals surface area contributed by atoms with Crippen LogP contribution in [0.25, 0.3) is 0 Å². The van der Waals surface area contributed by atoms with E-state index in [1.807, 2.05) is 12.1 Å². The zero-order chi connectivity index (χ0) is 11.0. The molecule has 0 aliphatic carbocycles. The number of aryl methyl sites for hydroxylation is 1. The van der Waals surface area contributed by atoms with E-state index in [4.69, 9.17) is 11.6 Å². The Labute approximate surface area is 96.2 Å². The summed E-state index contributed by atoms with van der Waals surface area (Å²) in [5.41, 5.74) is 3.67. The van der Waals surface area contributed by atoms with Crippen molar-refractivity contribution in [1.29, 1.82) is 0 Å². The number of benzene rings is 1. The SMILES string of the molecule is CCC1CN(C)c2cc(Cl)cc(C)c2N1. The normalized spacial score (nSPS) is 19.7. The first kappa shape index (κ1) is 10.6. The first-order valence-corrected chi connectivity index (χ1v) is 5.77. The van der Waals surface area contributed by atoms with Crippen LogP contribution in [0, 0.1) is 6.92 Å². The fourth-order valence-electron chi connectivity index (χ4n) is 2.12. The topological polar surface area (TPSA) is 15.3 Å². The van der Waals surface area contributed by atoms with Gasteiger partial charge in [-0.2, -0.15) is 0 Å². The Morgan fingerprint density at radius 1 is 1.53 bits per heavy atom. The van der Waals surface area contributed by atoms with E-state index in [0.29, 0.717) is 6.04 Å². The summed E-state index contributed by atoms with van der Waals surface area (Å²) in [5.74, 6) is 0. The van der Waals surface area contributed by atoms with Gasteiger partial charge in [-0.25, -0.2) is 0 Å². The molecular weight excluding hydrogens is 208 g/mol. The molecule has 82 valence electrons. The quantitative estimate of drug-likeness (QED) is 0.788. The molecule has 2 nitrogen and oxygen atoms in total. The summed E-state index contributed by atoms with van der Waals surface area (Å²) >= 11 is 6.06. The van der Waals surface area contributed by atoms with Crippen molar-refractivity contribution in [3.8, 4) is 0 Å². The van der Waals surface area contributed by atoms with Crippen molar-refractivity contribution in [1.82, 2.24) is 0 Å². The lowest BCUT2D eigenvalue weighted by atomic mass is 10.1. The first-order valence-electron chi connectivity index (χ1n) is 5.39. The second kappa shape index (κ2) is 3.93. The Balaban J connectivity index is 2.45. The van der Waals surface area contributed by atoms with Crippen molar-refractivity contribution in [3.05, 3.63) is 22.7 Å². The summed E-state index contributed by atoms with van der Waals surface area (Å²) in [6.45, 7) is 5.36. The third-order valence-corrected chi connectivity index (χ3v) is 3.24. The van der Waals surface area contributed by atoms with E-state index < -0.39 is 0 Å². The maximum Gasteiger partial charge on any atom is 0.0617 e. The lowest BCUT2D eigenvalue weighted by Gasteiger charge is -2.35. The third-order valence-electron chi connectivity index (χ3n) is 3.03. The summed E-state index contributed by atoms with van der Waals surface area (Å²) in [5, 5.41) is 4.39. The molecule has 1 aliphatic heterocycles. The number of anilines is 2. The smallest absolute Gasteiger partial charge is 0.0617 e. The molecule has 0 amide bonds. The number of halogens is 1. The summed E-state index contributed by atoms with van der Waals surface area (Å²) in [4.78, 5) is 2.28. The molecule has 1 aromatic rings. The van der Waals surface area contributed by atoms with Crippen molar-refractivity contribution in [2.75, 3.05) is 23.8 Å². The minimum absolute atomic E-state index is 0.544. The Morgan fingerprint density at radius 3 is 2.93 bits per heavy atom. The molecule has 0 saturated heterocycles. The van der Waals surface area contributed by atoms with Crippen molar-refractivity contribution < 1.29 is 0 Å². The molecule has 1 atom stereocenters. The lowest BCUT2D eigenvalue weighted by Crippen LogP contribution is -2.39. The van der Waals surface area contributed by atoms with Crippen LogP contribution in [0.4, 0.5) is 11.4 Å². The molecule has 0 spiro atoms. The van der Waals surface area contributed by atoms with E-state index in [0.717, 1.165) is 18.0 Å². The van der Waals surface area contributed by atoms with Gasteiger partial charge in [0.2, 0.25) is 0 Å². The summed E-state index contributed by atoms with van der Waals surface area (Å²) in [6.07, 6.45) is 1.14. The molecule has 1 heterocycles. The number of nitrogens with zero attached hydrogens (tertiary/aromatic N) is 1. The molecule has 2 rings (SSSR count).